The molecule has 2 heterocycles. The lowest BCUT2D eigenvalue weighted by Crippen LogP contribution is -2.37. The molecule has 0 radical (unpaired) electrons. The summed E-state index contributed by atoms with van der Waals surface area (Å²) in [5.74, 6) is 2.02. The van der Waals surface area contributed by atoms with Crippen LogP contribution in [0.25, 0.3) is 0 Å². The van der Waals surface area contributed by atoms with Crippen LogP contribution in [0.5, 0.6) is 17.2 Å². The molecular weight excluding hydrogens is 353 g/mol. The molecular formula is C16H17Cl2N3O3. The van der Waals surface area contributed by atoms with Gasteiger partial charge in [0, 0.05) is 19.2 Å². The number of ether oxygens (including phenoxy) is 3. The van der Waals surface area contributed by atoms with E-state index in [1.165, 1.54) is 0 Å². The van der Waals surface area contributed by atoms with E-state index in [0.717, 1.165) is 13.1 Å². The molecule has 1 aliphatic heterocycles. The Hall–Kier alpha value is -1.76. The zero-order valence-electron chi connectivity index (χ0n) is 13.4. The first-order valence-electron chi connectivity index (χ1n) is 7.46. The number of aryl methyl sites for hydroxylation is 1. The minimum atomic E-state index is 0.239. The molecule has 24 heavy (non-hydrogen) atoms. The van der Waals surface area contributed by atoms with Crippen molar-refractivity contribution in [3.63, 3.8) is 0 Å². The van der Waals surface area contributed by atoms with Gasteiger partial charge < -0.3 is 19.1 Å². The van der Waals surface area contributed by atoms with Crippen LogP contribution in [0.4, 0.5) is 5.95 Å². The molecule has 1 aromatic carbocycles. The molecule has 0 atom stereocenters. The van der Waals surface area contributed by atoms with Gasteiger partial charge in [-0.3, -0.25) is 0 Å². The van der Waals surface area contributed by atoms with Gasteiger partial charge in [0.1, 0.15) is 11.5 Å². The molecule has 1 saturated heterocycles. The number of morpholine rings is 1. The first kappa shape index (κ1) is 17.1. The summed E-state index contributed by atoms with van der Waals surface area (Å²) >= 11 is 12.5. The van der Waals surface area contributed by atoms with Crippen molar-refractivity contribution < 1.29 is 14.2 Å². The Balaban J connectivity index is 1.89. The van der Waals surface area contributed by atoms with Crippen molar-refractivity contribution >= 4 is 29.2 Å². The fourth-order valence-corrected chi connectivity index (χ4v) is 2.74. The summed E-state index contributed by atoms with van der Waals surface area (Å²) in [5, 5.41) is 0.686. The fourth-order valence-electron chi connectivity index (χ4n) is 2.33. The van der Waals surface area contributed by atoms with Crippen molar-refractivity contribution in [2.45, 2.75) is 6.92 Å². The van der Waals surface area contributed by atoms with Gasteiger partial charge >= 0.3 is 0 Å². The summed E-state index contributed by atoms with van der Waals surface area (Å²) in [4.78, 5) is 10.9. The molecule has 1 aromatic heterocycles. The van der Waals surface area contributed by atoms with E-state index < -0.39 is 0 Å². The summed E-state index contributed by atoms with van der Waals surface area (Å²) in [6.07, 6.45) is 0. The second kappa shape index (κ2) is 7.42. The van der Waals surface area contributed by atoms with Gasteiger partial charge in [-0.2, -0.15) is 4.98 Å². The molecule has 0 aliphatic carbocycles. The molecule has 0 N–H and O–H groups in total. The largest absolute Gasteiger partial charge is 0.497 e. The highest BCUT2D eigenvalue weighted by Gasteiger charge is 2.19. The fraction of sp³-hybridized carbons (Fsp3) is 0.375. The van der Waals surface area contributed by atoms with Gasteiger partial charge in [-0.15, -0.1) is 0 Å². The molecule has 0 spiro atoms. The average molecular weight is 370 g/mol. The topological polar surface area (TPSA) is 56.7 Å². The molecule has 0 saturated carbocycles. The first-order chi connectivity index (χ1) is 11.6. The first-order valence-corrected chi connectivity index (χ1v) is 8.22. The number of hydrogen-bond donors (Lipinski definition) is 0. The highest BCUT2D eigenvalue weighted by molar-refractivity contribution is 6.32. The molecule has 128 valence electrons. The van der Waals surface area contributed by atoms with E-state index >= 15 is 0 Å². The van der Waals surface area contributed by atoms with E-state index in [2.05, 4.69) is 9.97 Å². The monoisotopic (exact) mass is 369 g/mol. The molecule has 1 fully saturated rings. The van der Waals surface area contributed by atoms with Gasteiger partial charge in [0.15, 0.2) is 10.9 Å². The van der Waals surface area contributed by atoms with Crippen molar-refractivity contribution in [3.8, 4) is 17.2 Å². The summed E-state index contributed by atoms with van der Waals surface area (Å²) in [7, 11) is 1.57. The number of halogens is 2. The number of anilines is 1. The van der Waals surface area contributed by atoms with Crippen LogP contribution in [0, 0.1) is 6.92 Å². The molecule has 8 heteroatoms. The Morgan fingerprint density at radius 2 is 1.92 bits per heavy atom. The van der Waals surface area contributed by atoms with Crippen LogP contribution < -0.4 is 14.4 Å². The van der Waals surface area contributed by atoms with Crippen LogP contribution in [-0.2, 0) is 4.74 Å². The molecule has 0 bridgehead atoms. The number of benzene rings is 1. The van der Waals surface area contributed by atoms with Crippen molar-refractivity contribution in [3.05, 3.63) is 34.1 Å². The summed E-state index contributed by atoms with van der Waals surface area (Å²) < 4.78 is 16.4. The molecule has 0 unspecified atom stereocenters. The van der Waals surface area contributed by atoms with Crippen LogP contribution in [0.3, 0.4) is 0 Å². The molecule has 3 rings (SSSR count). The van der Waals surface area contributed by atoms with Crippen molar-refractivity contribution in [1.29, 1.82) is 0 Å². The van der Waals surface area contributed by atoms with Crippen LogP contribution in [0.1, 0.15) is 5.69 Å². The predicted octanol–water partition coefficient (Wildman–Crippen LogP) is 3.73. The second-order valence-corrected chi connectivity index (χ2v) is 5.99. The van der Waals surface area contributed by atoms with Gasteiger partial charge in [-0.25, -0.2) is 4.98 Å². The van der Waals surface area contributed by atoms with Crippen LogP contribution >= 0.6 is 23.2 Å². The van der Waals surface area contributed by atoms with Crippen molar-refractivity contribution in [2.24, 2.45) is 0 Å². The van der Waals surface area contributed by atoms with Gasteiger partial charge in [-0.1, -0.05) is 23.2 Å². The summed E-state index contributed by atoms with van der Waals surface area (Å²) in [6, 6.07) is 5.14. The minimum Gasteiger partial charge on any atom is -0.497 e. The summed E-state index contributed by atoms with van der Waals surface area (Å²) in [5.41, 5.74) is 0.635. The quantitative estimate of drug-likeness (QED) is 0.765. The van der Waals surface area contributed by atoms with Gasteiger partial charge in [0.05, 0.1) is 31.0 Å². The third-order valence-electron chi connectivity index (χ3n) is 3.63. The minimum absolute atomic E-state index is 0.239. The SMILES string of the molecule is COc1ccc(Cl)c(Oc2c(C)nc(N3CCOCC3)nc2Cl)c1. The maximum absolute atomic E-state index is 6.32. The second-order valence-electron chi connectivity index (χ2n) is 5.23. The van der Waals surface area contributed by atoms with Gasteiger partial charge in [0.2, 0.25) is 5.95 Å². The van der Waals surface area contributed by atoms with E-state index in [9.17, 15) is 0 Å². The van der Waals surface area contributed by atoms with Crippen LogP contribution in [0.15, 0.2) is 18.2 Å². The maximum Gasteiger partial charge on any atom is 0.227 e. The maximum atomic E-state index is 6.32. The molecule has 6 nitrogen and oxygen atoms in total. The Kier molecular flexibility index (Phi) is 5.28. The van der Waals surface area contributed by atoms with Crippen LogP contribution in [-0.4, -0.2) is 43.4 Å². The number of hydrogen-bond acceptors (Lipinski definition) is 6. The van der Waals surface area contributed by atoms with E-state index in [1.54, 1.807) is 25.3 Å². The normalized spacial score (nSPS) is 14.6. The van der Waals surface area contributed by atoms with Gasteiger partial charge in [-0.05, 0) is 19.1 Å². The highest BCUT2D eigenvalue weighted by Crippen LogP contribution is 2.37. The van der Waals surface area contributed by atoms with E-state index in [4.69, 9.17) is 37.4 Å². The smallest absolute Gasteiger partial charge is 0.227 e. The van der Waals surface area contributed by atoms with Crippen molar-refractivity contribution in [2.75, 3.05) is 38.3 Å². The van der Waals surface area contributed by atoms with E-state index in [0.29, 0.717) is 47.1 Å². The molecule has 2 aromatic rings. The average Bonchev–Trinajstić information content (AvgIpc) is 2.60. The zero-order valence-corrected chi connectivity index (χ0v) is 14.9. The zero-order chi connectivity index (χ0) is 17.1. The van der Waals surface area contributed by atoms with E-state index in [-0.39, 0.29) is 5.15 Å². The number of aromatic nitrogens is 2. The molecule has 1 aliphatic rings. The third-order valence-corrected chi connectivity index (χ3v) is 4.19. The molecule has 0 amide bonds. The van der Waals surface area contributed by atoms with Gasteiger partial charge in [0.25, 0.3) is 0 Å². The number of rotatable bonds is 4. The summed E-state index contributed by atoms with van der Waals surface area (Å²) in [6.45, 7) is 4.59. The lowest BCUT2D eigenvalue weighted by Gasteiger charge is -2.27. The number of nitrogens with zero attached hydrogens (tertiary/aromatic N) is 3. The van der Waals surface area contributed by atoms with Crippen molar-refractivity contribution in [1.82, 2.24) is 9.97 Å². The lowest BCUT2D eigenvalue weighted by molar-refractivity contribution is 0.122. The lowest BCUT2D eigenvalue weighted by atomic mass is 10.3. The predicted molar refractivity (Wildman–Crippen MR) is 92.9 cm³/mol. The third kappa shape index (κ3) is 3.66. The Labute approximate surface area is 150 Å². The van der Waals surface area contributed by atoms with E-state index in [1.807, 2.05) is 11.8 Å². The van der Waals surface area contributed by atoms with Crippen LogP contribution in [0.2, 0.25) is 10.2 Å². The Bertz CT molecular complexity index is 713. The standard InChI is InChI=1S/C16H17Cl2N3O3/c1-10-14(24-13-9-11(22-2)3-4-12(13)17)15(18)20-16(19-10)21-5-7-23-8-6-21/h3-4,9H,5-8H2,1-2H3. The Morgan fingerprint density at radius 1 is 1.17 bits per heavy atom. The number of methoxy groups -OCH3 is 1. The Morgan fingerprint density at radius 3 is 2.58 bits per heavy atom. The highest BCUT2D eigenvalue weighted by atomic mass is 35.5.